The molecule has 0 aliphatic heterocycles. The lowest BCUT2D eigenvalue weighted by Crippen LogP contribution is -2.05. The molecule has 3 aromatic rings. The first-order valence-electron chi connectivity index (χ1n) is 6.80. The highest BCUT2D eigenvalue weighted by Crippen LogP contribution is 2.35. The van der Waals surface area contributed by atoms with Crippen molar-refractivity contribution in [2.24, 2.45) is 0 Å². The number of nitro groups is 2. The van der Waals surface area contributed by atoms with Crippen molar-refractivity contribution in [2.45, 2.75) is 10.1 Å². The summed E-state index contributed by atoms with van der Waals surface area (Å²) in [5.41, 5.74) is 0.0456. The van der Waals surface area contributed by atoms with E-state index in [-0.39, 0.29) is 25.6 Å². The van der Waals surface area contributed by atoms with E-state index in [9.17, 15) is 28.6 Å². The van der Waals surface area contributed by atoms with E-state index in [1.807, 2.05) is 0 Å². The van der Waals surface area contributed by atoms with E-state index >= 15 is 0 Å². The summed E-state index contributed by atoms with van der Waals surface area (Å²) in [7, 11) is -3.86. The van der Waals surface area contributed by atoms with Crippen molar-refractivity contribution in [3.05, 3.63) is 62.2 Å². The number of hydrogen-bond donors (Lipinski definition) is 0. The Labute approximate surface area is 154 Å². The van der Waals surface area contributed by atoms with E-state index < -0.39 is 25.4 Å². The van der Waals surface area contributed by atoms with Crippen molar-refractivity contribution in [1.82, 2.24) is 10.2 Å². The molecule has 0 spiro atoms. The third kappa shape index (κ3) is 3.74. The molecule has 0 amide bonds. The molecule has 1 aromatic carbocycles. The van der Waals surface area contributed by atoms with Gasteiger partial charge >= 0.3 is 5.00 Å². The maximum Gasteiger partial charge on any atom is 0.324 e. The minimum atomic E-state index is -3.86. The van der Waals surface area contributed by atoms with Gasteiger partial charge in [-0.3, -0.25) is 20.2 Å². The first kappa shape index (κ1) is 18.0. The summed E-state index contributed by atoms with van der Waals surface area (Å²) >= 11 is 1.66. The average molecular weight is 412 g/mol. The largest absolute Gasteiger partial charge is 0.324 e. The molecule has 0 unspecified atom stereocenters. The molecular weight excluding hydrogens is 404 g/mol. The van der Waals surface area contributed by atoms with Gasteiger partial charge in [0.05, 0.1) is 20.5 Å². The van der Waals surface area contributed by atoms with Crippen molar-refractivity contribution >= 4 is 43.2 Å². The predicted octanol–water partition coefficient (Wildman–Crippen LogP) is 3.06. The Bertz CT molecular complexity index is 1100. The molecule has 0 atom stereocenters. The zero-order valence-corrected chi connectivity index (χ0v) is 15.1. The highest BCUT2D eigenvalue weighted by Gasteiger charge is 2.23. The Morgan fingerprint density at radius 2 is 1.77 bits per heavy atom. The summed E-state index contributed by atoms with van der Waals surface area (Å²) in [6, 6.07) is 8.10. The maximum absolute atomic E-state index is 12.5. The van der Waals surface area contributed by atoms with Crippen LogP contribution >= 0.6 is 22.7 Å². The molecule has 0 radical (unpaired) electrons. The molecule has 0 saturated carbocycles. The summed E-state index contributed by atoms with van der Waals surface area (Å²) in [5.74, 6) is -0.464. The van der Waals surface area contributed by atoms with Gasteiger partial charge in [-0.2, -0.15) is 0 Å². The molecule has 26 heavy (non-hydrogen) atoms. The molecule has 0 bridgehead atoms. The van der Waals surface area contributed by atoms with Crippen molar-refractivity contribution in [3.63, 3.8) is 0 Å². The van der Waals surface area contributed by atoms with E-state index in [0.29, 0.717) is 4.88 Å². The van der Waals surface area contributed by atoms with Crippen LogP contribution in [0.2, 0.25) is 0 Å². The molecule has 2 aromatic heterocycles. The van der Waals surface area contributed by atoms with Crippen LogP contribution in [0.4, 0.5) is 10.7 Å². The van der Waals surface area contributed by atoms with Gasteiger partial charge in [0.15, 0.2) is 5.01 Å². The summed E-state index contributed by atoms with van der Waals surface area (Å²) < 4.78 is 24.7. The normalized spacial score (nSPS) is 11.4. The van der Waals surface area contributed by atoms with Gasteiger partial charge in [0.2, 0.25) is 14.2 Å². The number of nitro benzene ring substituents is 1. The van der Waals surface area contributed by atoms with Crippen LogP contribution in [0.1, 0.15) is 5.56 Å². The van der Waals surface area contributed by atoms with E-state index in [2.05, 4.69) is 10.2 Å². The van der Waals surface area contributed by atoms with Gasteiger partial charge in [0, 0.05) is 18.2 Å². The standard InChI is InChI=1S/C13H8N4O6S3/c18-16(19)9-3-1-2-8(6-9)7-26(22,23)13-15-14-12(25-13)10-4-5-11(24-10)17(20)21/h1-6H,7H2. The van der Waals surface area contributed by atoms with Gasteiger partial charge in [-0.25, -0.2) is 8.42 Å². The molecule has 0 aliphatic rings. The van der Waals surface area contributed by atoms with Gasteiger partial charge < -0.3 is 0 Å². The van der Waals surface area contributed by atoms with Crippen LogP contribution in [0.15, 0.2) is 40.7 Å². The smallest absolute Gasteiger partial charge is 0.258 e. The number of benzene rings is 1. The van der Waals surface area contributed by atoms with Gasteiger partial charge in [0.25, 0.3) is 5.69 Å². The second-order valence-corrected chi connectivity index (χ2v) is 9.16. The van der Waals surface area contributed by atoms with Crippen molar-refractivity contribution in [2.75, 3.05) is 0 Å². The minimum absolute atomic E-state index is 0.0868. The van der Waals surface area contributed by atoms with Crippen LogP contribution in [-0.2, 0) is 15.6 Å². The Morgan fingerprint density at radius 1 is 1.00 bits per heavy atom. The van der Waals surface area contributed by atoms with Gasteiger partial charge in [0.1, 0.15) is 0 Å². The van der Waals surface area contributed by atoms with Gasteiger partial charge in [-0.15, -0.1) is 10.2 Å². The molecule has 3 rings (SSSR count). The predicted molar refractivity (Wildman–Crippen MR) is 93.9 cm³/mol. The second kappa shape index (κ2) is 6.86. The first-order chi connectivity index (χ1) is 12.3. The van der Waals surface area contributed by atoms with Crippen LogP contribution in [0, 0.1) is 20.2 Å². The van der Waals surface area contributed by atoms with Crippen LogP contribution in [0.3, 0.4) is 0 Å². The van der Waals surface area contributed by atoms with Gasteiger partial charge in [-0.1, -0.05) is 34.8 Å². The van der Waals surface area contributed by atoms with E-state index in [0.717, 1.165) is 22.7 Å². The fourth-order valence-electron chi connectivity index (χ4n) is 2.02. The SMILES string of the molecule is O=[N+]([O-])c1cccc(CS(=O)(=O)c2nnc(-c3ccc([N+](=O)[O-])s3)s2)c1. The fourth-order valence-corrected chi connectivity index (χ4v) is 5.29. The molecule has 13 heteroatoms. The number of nitrogens with zero attached hydrogens (tertiary/aromatic N) is 4. The molecule has 0 N–H and O–H groups in total. The summed E-state index contributed by atoms with van der Waals surface area (Å²) in [5, 5.41) is 29.1. The summed E-state index contributed by atoms with van der Waals surface area (Å²) in [4.78, 5) is 20.8. The third-order valence-electron chi connectivity index (χ3n) is 3.13. The summed E-state index contributed by atoms with van der Waals surface area (Å²) in [6.07, 6.45) is 0. The fraction of sp³-hybridized carbons (Fsp3) is 0.0769. The minimum Gasteiger partial charge on any atom is -0.258 e. The Balaban J connectivity index is 1.86. The molecule has 134 valence electrons. The maximum atomic E-state index is 12.5. The highest BCUT2D eigenvalue weighted by molar-refractivity contribution is 7.92. The van der Waals surface area contributed by atoms with Crippen molar-refractivity contribution in [3.8, 4) is 9.88 Å². The average Bonchev–Trinajstić information content (AvgIpc) is 3.24. The van der Waals surface area contributed by atoms with Crippen LogP contribution in [-0.4, -0.2) is 28.5 Å². The Morgan fingerprint density at radius 3 is 2.42 bits per heavy atom. The zero-order valence-electron chi connectivity index (χ0n) is 12.6. The number of hydrogen-bond acceptors (Lipinski definition) is 10. The van der Waals surface area contributed by atoms with E-state index in [1.54, 1.807) is 0 Å². The number of sulfone groups is 1. The molecule has 0 aliphatic carbocycles. The van der Waals surface area contributed by atoms with Crippen LogP contribution in [0.5, 0.6) is 0 Å². The molecule has 2 heterocycles. The molecular formula is C13H8N4O6S3. The molecule has 0 fully saturated rings. The molecule has 0 saturated heterocycles. The quantitative estimate of drug-likeness (QED) is 0.443. The highest BCUT2D eigenvalue weighted by atomic mass is 32.2. The first-order valence-corrected chi connectivity index (χ1v) is 10.1. The monoisotopic (exact) mass is 412 g/mol. The van der Waals surface area contributed by atoms with Crippen LogP contribution < -0.4 is 0 Å². The number of aromatic nitrogens is 2. The number of thiophene rings is 1. The number of rotatable bonds is 6. The molecule has 10 nitrogen and oxygen atoms in total. The van der Waals surface area contributed by atoms with E-state index in [1.165, 1.54) is 36.4 Å². The number of non-ortho nitro benzene ring substituents is 1. The zero-order chi connectivity index (χ0) is 18.9. The van der Waals surface area contributed by atoms with Crippen LogP contribution in [0.25, 0.3) is 9.88 Å². The van der Waals surface area contributed by atoms with Gasteiger partial charge in [-0.05, 0) is 11.6 Å². The van der Waals surface area contributed by atoms with E-state index in [4.69, 9.17) is 0 Å². The Kier molecular flexibility index (Phi) is 4.76. The lowest BCUT2D eigenvalue weighted by molar-refractivity contribution is -0.384. The summed E-state index contributed by atoms with van der Waals surface area (Å²) in [6.45, 7) is 0. The van der Waals surface area contributed by atoms with Crippen molar-refractivity contribution in [1.29, 1.82) is 0 Å². The lowest BCUT2D eigenvalue weighted by Gasteiger charge is -2.00. The topological polar surface area (TPSA) is 146 Å². The lowest BCUT2D eigenvalue weighted by atomic mass is 10.2. The Hall–Kier alpha value is -2.77. The second-order valence-electron chi connectivity index (χ2n) is 4.95. The third-order valence-corrected chi connectivity index (χ3v) is 7.40. The van der Waals surface area contributed by atoms with Crippen molar-refractivity contribution < 1.29 is 18.3 Å².